The van der Waals surface area contributed by atoms with Gasteiger partial charge in [0.2, 0.25) is 17.7 Å². The predicted octanol–water partition coefficient (Wildman–Crippen LogP) is 2.62. The van der Waals surface area contributed by atoms with E-state index in [1.54, 1.807) is 6.07 Å². The average molecular weight is 476 g/mol. The third-order valence-corrected chi connectivity index (χ3v) is 8.64. The lowest BCUT2D eigenvalue weighted by molar-refractivity contribution is -0.145. The maximum Gasteiger partial charge on any atom is 0.250 e. The first-order valence-electron chi connectivity index (χ1n) is 12.3. The minimum atomic E-state index is -1.33. The second kappa shape index (κ2) is 7.55. The van der Waals surface area contributed by atoms with Gasteiger partial charge in [0, 0.05) is 23.3 Å². The number of imide groups is 1. The van der Waals surface area contributed by atoms with Crippen molar-refractivity contribution in [2.45, 2.75) is 63.6 Å². The highest BCUT2D eigenvalue weighted by molar-refractivity contribution is 6.15. The first-order chi connectivity index (χ1) is 16.7. The minimum absolute atomic E-state index is 0.111. The van der Waals surface area contributed by atoms with Crippen LogP contribution in [0.25, 0.3) is 0 Å². The van der Waals surface area contributed by atoms with Gasteiger partial charge in [0.1, 0.15) is 5.54 Å². The number of hydrogen-bond acceptors (Lipinski definition) is 6. The zero-order valence-corrected chi connectivity index (χ0v) is 19.8. The summed E-state index contributed by atoms with van der Waals surface area (Å²) in [5.41, 5.74) is 2.78. The quantitative estimate of drug-likeness (QED) is 0.400. The maximum absolute atomic E-state index is 14.0. The molecule has 3 amide bonds. The van der Waals surface area contributed by atoms with Crippen molar-refractivity contribution in [3.05, 3.63) is 52.6 Å². The number of likely N-dealkylation sites (tertiary alicyclic amines) is 1. The van der Waals surface area contributed by atoms with Crippen LogP contribution in [0.1, 0.15) is 47.9 Å². The molecular formula is C27H29N3O5. The van der Waals surface area contributed by atoms with Gasteiger partial charge in [-0.15, -0.1) is 0 Å². The predicted molar refractivity (Wildman–Crippen MR) is 128 cm³/mol. The number of aryl methyl sites for hydroxylation is 1. The molecule has 4 aliphatic rings. The van der Waals surface area contributed by atoms with Crippen LogP contribution in [-0.4, -0.2) is 44.9 Å². The van der Waals surface area contributed by atoms with Crippen LogP contribution < -0.4 is 10.6 Å². The van der Waals surface area contributed by atoms with E-state index in [4.69, 9.17) is 0 Å². The third kappa shape index (κ3) is 2.92. The number of benzene rings is 2. The SMILES string of the molecule is Cc1ccc2c(c1C)NC(=O)[C@@]21N[C@@H](Cc2ccc(O)c(O)c2)[C@H]2C(=O)N(C3CCCC3)C(=O)[C@H]21. The Morgan fingerprint density at radius 2 is 1.74 bits per heavy atom. The Hall–Kier alpha value is -3.39. The Bertz CT molecular complexity index is 1280. The van der Waals surface area contributed by atoms with Crippen LogP contribution >= 0.6 is 0 Å². The molecule has 0 radical (unpaired) electrons. The molecule has 182 valence electrons. The van der Waals surface area contributed by atoms with E-state index < -0.39 is 23.4 Å². The van der Waals surface area contributed by atoms with E-state index in [0.717, 1.165) is 36.8 Å². The van der Waals surface area contributed by atoms with Crippen molar-refractivity contribution in [1.29, 1.82) is 0 Å². The van der Waals surface area contributed by atoms with Gasteiger partial charge in [-0.05, 0) is 61.9 Å². The van der Waals surface area contributed by atoms with Crippen molar-refractivity contribution in [3.63, 3.8) is 0 Å². The van der Waals surface area contributed by atoms with E-state index in [1.807, 2.05) is 26.0 Å². The fourth-order valence-electron chi connectivity index (χ4n) is 6.79. The molecule has 6 rings (SSSR count). The molecule has 0 aromatic heterocycles. The highest BCUT2D eigenvalue weighted by Gasteiger charge is 2.71. The summed E-state index contributed by atoms with van der Waals surface area (Å²) in [6.07, 6.45) is 3.89. The molecule has 2 saturated heterocycles. The van der Waals surface area contributed by atoms with Gasteiger partial charge in [-0.3, -0.25) is 24.6 Å². The van der Waals surface area contributed by atoms with E-state index >= 15 is 0 Å². The van der Waals surface area contributed by atoms with Gasteiger partial charge < -0.3 is 15.5 Å². The van der Waals surface area contributed by atoms with Gasteiger partial charge in [-0.1, -0.05) is 31.0 Å². The standard InChI is InChI=1S/C27H29N3O5/c1-13-7-9-17-23(14(13)2)28-26(35)27(17)22-21(24(33)30(25(22)34)16-5-3-4-6-16)18(29-27)11-15-8-10-19(31)20(32)12-15/h7-10,12,16,18,21-22,29,31-32H,3-6,11H2,1-2H3,(H,28,35)/t18-,21+,22-,27+/m0/s1. The summed E-state index contributed by atoms with van der Waals surface area (Å²) < 4.78 is 0. The van der Waals surface area contributed by atoms with Gasteiger partial charge in [0.15, 0.2) is 11.5 Å². The number of phenols is 2. The summed E-state index contributed by atoms with van der Waals surface area (Å²) in [5.74, 6) is -2.79. The van der Waals surface area contributed by atoms with E-state index in [0.29, 0.717) is 23.2 Å². The zero-order chi connectivity index (χ0) is 24.6. The first-order valence-corrected chi connectivity index (χ1v) is 12.3. The highest BCUT2D eigenvalue weighted by Crippen LogP contribution is 2.55. The smallest absolute Gasteiger partial charge is 0.250 e. The molecule has 3 heterocycles. The monoisotopic (exact) mass is 475 g/mol. The number of carbonyl (C=O) groups excluding carboxylic acids is 3. The van der Waals surface area contributed by atoms with Crippen LogP contribution in [0.4, 0.5) is 5.69 Å². The molecular weight excluding hydrogens is 446 g/mol. The number of fused-ring (bicyclic) bond motifs is 4. The molecule has 3 aliphatic heterocycles. The molecule has 1 spiro atoms. The summed E-state index contributed by atoms with van der Waals surface area (Å²) >= 11 is 0. The van der Waals surface area contributed by atoms with Gasteiger partial charge in [0.25, 0.3) is 0 Å². The van der Waals surface area contributed by atoms with E-state index in [1.165, 1.54) is 17.0 Å². The Kier molecular flexibility index (Phi) is 4.77. The van der Waals surface area contributed by atoms with Crippen molar-refractivity contribution < 1.29 is 24.6 Å². The highest BCUT2D eigenvalue weighted by atomic mass is 16.3. The molecule has 4 N–H and O–H groups in total. The average Bonchev–Trinajstić information content (AvgIpc) is 3.56. The summed E-state index contributed by atoms with van der Waals surface area (Å²) in [5, 5.41) is 26.2. The molecule has 2 aromatic carbocycles. The number of nitrogens with one attached hydrogen (secondary N) is 2. The van der Waals surface area contributed by atoms with E-state index in [-0.39, 0.29) is 35.3 Å². The van der Waals surface area contributed by atoms with E-state index in [2.05, 4.69) is 10.6 Å². The molecule has 3 fully saturated rings. The summed E-state index contributed by atoms with van der Waals surface area (Å²) in [4.78, 5) is 43.0. The molecule has 8 nitrogen and oxygen atoms in total. The summed E-state index contributed by atoms with van der Waals surface area (Å²) in [6, 6.07) is 7.79. The maximum atomic E-state index is 14.0. The Morgan fingerprint density at radius 3 is 2.46 bits per heavy atom. The number of hydrogen-bond donors (Lipinski definition) is 4. The number of phenolic OH excluding ortho intramolecular Hbond substituents is 2. The van der Waals surface area contributed by atoms with E-state index in [9.17, 15) is 24.6 Å². The van der Waals surface area contributed by atoms with Crippen molar-refractivity contribution in [2.24, 2.45) is 11.8 Å². The minimum Gasteiger partial charge on any atom is -0.504 e. The van der Waals surface area contributed by atoms with Gasteiger partial charge in [-0.25, -0.2) is 0 Å². The van der Waals surface area contributed by atoms with Crippen molar-refractivity contribution in [1.82, 2.24) is 10.2 Å². The van der Waals surface area contributed by atoms with Crippen LogP contribution in [0.3, 0.4) is 0 Å². The van der Waals surface area contributed by atoms with Gasteiger partial charge >= 0.3 is 0 Å². The topological polar surface area (TPSA) is 119 Å². The van der Waals surface area contributed by atoms with Gasteiger partial charge in [0.05, 0.1) is 11.8 Å². The third-order valence-electron chi connectivity index (χ3n) is 8.64. The zero-order valence-electron chi connectivity index (χ0n) is 19.8. The molecule has 0 bridgehead atoms. The second-order valence-corrected chi connectivity index (χ2v) is 10.5. The Balaban J connectivity index is 1.48. The molecule has 2 aromatic rings. The lowest BCUT2D eigenvalue weighted by Gasteiger charge is -2.31. The summed E-state index contributed by atoms with van der Waals surface area (Å²) in [6.45, 7) is 3.92. The molecule has 1 saturated carbocycles. The van der Waals surface area contributed by atoms with Crippen LogP contribution in [0.2, 0.25) is 0 Å². The number of aromatic hydroxyl groups is 2. The fourth-order valence-corrected chi connectivity index (χ4v) is 6.79. The lowest BCUT2D eigenvalue weighted by atomic mass is 9.75. The Morgan fingerprint density at radius 1 is 1.00 bits per heavy atom. The molecule has 0 unspecified atom stereocenters. The normalized spacial score (nSPS) is 29.8. The Labute approximate surface area is 203 Å². The molecule has 4 atom stereocenters. The summed E-state index contributed by atoms with van der Waals surface area (Å²) in [7, 11) is 0. The fraction of sp³-hybridized carbons (Fsp3) is 0.444. The van der Waals surface area contributed by atoms with Crippen molar-refractivity contribution in [2.75, 3.05) is 5.32 Å². The molecule has 1 aliphatic carbocycles. The number of rotatable bonds is 3. The number of amides is 3. The first kappa shape index (κ1) is 22.1. The van der Waals surface area contributed by atoms with Crippen LogP contribution in [-0.2, 0) is 26.3 Å². The largest absolute Gasteiger partial charge is 0.504 e. The van der Waals surface area contributed by atoms with Crippen LogP contribution in [0.15, 0.2) is 30.3 Å². The number of carbonyl (C=O) groups is 3. The molecule has 8 heteroatoms. The lowest BCUT2D eigenvalue weighted by Crippen LogP contribution is -2.54. The van der Waals surface area contributed by atoms with Gasteiger partial charge in [-0.2, -0.15) is 0 Å². The van der Waals surface area contributed by atoms with Crippen LogP contribution in [0, 0.1) is 25.7 Å². The van der Waals surface area contributed by atoms with Crippen LogP contribution in [0.5, 0.6) is 11.5 Å². The molecule has 35 heavy (non-hydrogen) atoms. The second-order valence-electron chi connectivity index (χ2n) is 10.5. The number of anilines is 1. The number of nitrogens with zero attached hydrogens (tertiary/aromatic N) is 1. The van der Waals surface area contributed by atoms with Crippen molar-refractivity contribution >= 4 is 23.4 Å². The van der Waals surface area contributed by atoms with Crippen molar-refractivity contribution in [3.8, 4) is 11.5 Å².